The third-order valence-corrected chi connectivity index (χ3v) is 6.83. The maximum Gasteiger partial charge on any atom is 0.333 e. The number of rotatable bonds is 4. The summed E-state index contributed by atoms with van der Waals surface area (Å²) in [5, 5.41) is 11.0. The van der Waals surface area contributed by atoms with Crippen molar-refractivity contribution < 1.29 is 23.1 Å². The SMILES string of the molecule is CC(NC(=O)C1CCCS1(=O)=O)(C(=O)O)c1ccc(Cl)c(Cl)c1. The van der Waals surface area contributed by atoms with Crippen molar-refractivity contribution >= 4 is 44.9 Å². The van der Waals surface area contributed by atoms with E-state index in [1.54, 1.807) is 0 Å². The number of halogens is 2. The molecule has 2 atom stereocenters. The van der Waals surface area contributed by atoms with Crippen molar-refractivity contribution in [2.24, 2.45) is 0 Å². The first-order valence-corrected chi connectivity index (χ1v) is 9.27. The Hall–Kier alpha value is -1.31. The molecule has 1 aromatic carbocycles. The molecular formula is C14H15Cl2NO5S. The van der Waals surface area contributed by atoms with E-state index in [0.29, 0.717) is 6.42 Å². The van der Waals surface area contributed by atoms with Gasteiger partial charge in [-0.2, -0.15) is 0 Å². The molecule has 1 fully saturated rings. The zero-order chi connectivity index (χ0) is 17.4. The topological polar surface area (TPSA) is 101 Å². The highest BCUT2D eigenvalue weighted by atomic mass is 35.5. The summed E-state index contributed by atoms with van der Waals surface area (Å²) in [5.41, 5.74) is -1.62. The second-order valence-electron chi connectivity index (χ2n) is 5.55. The van der Waals surface area contributed by atoms with E-state index in [4.69, 9.17) is 23.2 Å². The van der Waals surface area contributed by atoms with Gasteiger partial charge in [0.05, 0.1) is 15.8 Å². The molecule has 0 bridgehead atoms. The standard InChI is InChI=1S/C14H15Cl2NO5S/c1-14(13(19)20,8-4-5-9(15)10(16)7-8)17-12(18)11-3-2-6-23(11,21)22/h4-5,7,11H,2-3,6H2,1H3,(H,17,18)(H,19,20). The molecule has 1 aliphatic rings. The minimum absolute atomic E-state index is 0.0678. The van der Waals surface area contributed by atoms with Crippen molar-refractivity contribution in [3.63, 3.8) is 0 Å². The van der Waals surface area contributed by atoms with E-state index in [-0.39, 0.29) is 27.8 Å². The summed E-state index contributed by atoms with van der Waals surface area (Å²) in [7, 11) is -3.53. The first kappa shape index (κ1) is 18.0. The van der Waals surface area contributed by atoms with Gasteiger partial charge in [0.1, 0.15) is 5.25 Å². The van der Waals surface area contributed by atoms with Gasteiger partial charge in [-0.1, -0.05) is 29.3 Å². The van der Waals surface area contributed by atoms with Gasteiger partial charge in [0.25, 0.3) is 0 Å². The Bertz CT molecular complexity index is 764. The van der Waals surface area contributed by atoms with Gasteiger partial charge in [0.2, 0.25) is 5.91 Å². The Morgan fingerprint density at radius 3 is 2.43 bits per heavy atom. The van der Waals surface area contributed by atoms with Gasteiger partial charge in [-0.3, -0.25) is 4.79 Å². The highest BCUT2D eigenvalue weighted by Gasteiger charge is 2.43. The Morgan fingerprint density at radius 2 is 1.96 bits per heavy atom. The number of amides is 1. The third-order valence-electron chi connectivity index (χ3n) is 3.92. The van der Waals surface area contributed by atoms with Crippen molar-refractivity contribution in [2.75, 3.05) is 5.75 Å². The quantitative estimate of drug-likeness (QED) is 0.832. The van der Waals surface area contributed by atoms with Crippen molar-refractivity contribution in [1.29, 1.82) is 0 Å². The number of carboxylic acids is 1. The van der Waals surface area contributed by atoms with E-state index in [1.807, 2.05) is 0 Å². The summed E-state index contributed by atoms with van der Waals surface area (Å²) in [6, 6.07) is 4.17. The molecule has 2 rings (SSSR count). The molecule has 1 heterocycles. The summed E-state index contributed by atoms with van der Waals surface area (Å²) in [4.78, 5) is 24.0. The molecule has 2 unspecified atom stereocenters. The minimum atomic E-state index is -3.53. The number of hydrogen-bond donors (Lipinski definition) is 2. The van der Waals surface area contributed by atoms with Crippen LogP contribution in [0.3, 0.4) is 0 Å². The lowest BCUT2D eigenvalue weighted by Crippen LogP contribution is -2.53. The molecule has 2 N–H and O–H groups in total. The van der Waals surface area contributed by atoms with Crippen molar-refractivity contribution in [3.05, 3.63) is 33.8 Å². The van der Waals surface area contributed by atoms with Gasteiger partial charge < -0.3 is 10.4 Å². The number of carbonyl (C=O) groups is 2. The highest BCUT2D eigenvalue weighted by Crippen LogP contribution is 2.30. The van der Waals surface area contributed by atoms with Crippen LogP contribution in [-0.4, -0.2) is 36.4 Å². The predicted octanol–water partition coefficient (Wildman–Crippen LogP) is 1.99. The van der Waals surface area contributed by atoms with Crippen LogP contribution < -0.4 is 5.32 Å². The molecule has 9 heteroatoms. The summed E-state index contributed by atoms with van der Waals surface area (Å²) in [6.07, 6.45) is 0.572. The molecule has 1 amide bonds. The first-order valence-electron chi connectivity index (χ1n) is 6.80. The van der Waals surface area contributed by atoms with Gasteiger partial charge in [0, 0.05) is 0 Å². The molecular weight excluding hydrogens is 365 g/mol. The van der Waals surface area contributed by atoms with Gasteiger partial charge in [0.15, 0.2) is 15.4 Å². The van der Waals surface area contributed by atoms with E-state index in [2.05, 4.69) is 5.32 Å². The van der Waals surface area contributed by atoms with Crippen molar-refractivity contribution in [1.82, 2.24) is 5.32 Å². The van der Waals surface area contributed by atoms with Crippen molar-refractivity contribution in [2.45, 2.75) is 30.6 Å². The van der Waals surface area contributed by atoms with Crippen LogP contribution in [0.5, 0.6) is 0 Å². The molecule has 0 radical (unpaired) electrons. The third kappa shape index (κ3) is 3.46. The van der Waals surface area contributed by atoms with E-state index < -0.39 is 32.5 Å². The number of carboxylic acid groups (broad SMARTS) is 1. The second-order valence-corrected chi connectivity index (χ2v) is 8.66. The Balaban J connectivity index is 2.36. The Labute approximate surface area is 143 Å². The average molecular weight is 380 g/mol. The maximum atomic E-state index is 12.3. The highest BCUT2D eigenvalue weighted by molar-refractivity contribution is 7.93. The van der Waals surface area contributed by atoms with E-state index in [0.717, 1.165) is 0 Å². The van der Waals surface area contributed by atoms with Crippen LogP contribution in [0.2, 0.25) is 10.0 Å². The lowest BCUT2D eigenvalue weighted by atomic mass is 9.91. The summed E-state index contributed by atoms with van der Waals surface area (Å²) < 4.78 is 23.7. The largest absolute Gasteiger partial charge is 0.479 e. The van der Waals surface area contributed by atoms with Crippen LogP contribution in [-0.2, 0) is 25.0 Å². The molecule has 1 aromatic rings. The first-order chi connectivity index (χ1) is 10.6. The van der Waals surface area contributed by atoms with Crippen molar-refractivity contribution in [3.8, 4) is 0 Å². The van der Waals surface area contributed by atoms with E-state index >= 15 is 0 Å². The molecule has 0 aliphatic carbocycles. The number of benzene rings is 1. The smallest absolute Gasteiger partial charge is 0.333 e. The predicted molar refractivity (Wildman–Crippen MR) is 86.4 cm³/mol. The van der Waals surface area contributed by atoms with Gasteiger partial charge >= 0.3 is 5.97 Å². The van der Waals surface area contributed by atoms with Gasteiger partial charge in [-0.05, 0) is 37.5 Å². The number of sulfone groups is 1. The molecule has 0 saturated carbocycles. The molecule has 1 saturated heterocycles. The van der Waals surface area contributed by atoms with Crippen LogP contribution in [0.25, 0.3) is 0 Å². The monoisotopic (exact) mass is 379 g/mol. The number of aliphatic carboxylic acids is 1. The molecule has 126 valence electrons. The molecule has 6 nitrogen and oxygen atoms in total. The molecule has 1 aliphatic heterocycles. The zero-order valence-electron chi connectivity index (χ0n) is 12.2. The summed E-state index contributed by atoms with van der Waals surface area (Å²) in [6.45, 7) is 1.27. The van der Waals surface area contributed by atoms with Crippen LogP contribution in [0.4, 0.5) is 0 Å². The average Bonchev–Trinajstić information content (AvgIpc) is 2.81. The molecule has 0 spiro atoms. The molecule has 0 aromatic heterocycles. The van der Waals surface area contributed by atoms with Crippen LogP contribution in [0.1, 0.15) is 25.3 Å². The fraction of sp³-hybridized carbons (Fsp3) is 0.429. The normalized spacial score (nSPS) is 22.3. The van der Waals surface area contributed by atoms with Crippen LogP contribution >= 0.6 is 23.2 Å². The maximum absolute atomic E-state index is 12.3. The van der Waals surface area contributed by atoms with Gasteiger partial charge in [-0.15, -0.1) is 0 Å². The summed E-state index contributed by atoms with van der Waals surface area (Å²) >= 11 is 11.7. The minimum Gasteiger partial charge on any atom is -0.479 e. The second kappa shape index (κ2) is 6.30. The van der Waals surface area contributed by atoms with E-state index in [1.165, 1.54) is 25.1 Å². The number of nitrogens with one attached hydrogen (secondary N) is 1. The lowest BCUT2D eigenvalue weighted by Gasteiger charge is -2.28. The molecule has 23 heavy (non-hydrogen) atoms. The number of carbonyl (C=O) groups excluding carboxylic acids is 1. The van der Waals surface area contributed by atoms with Gasteiger partial charge in [-0.25, -0.2) is 13.2 Å². The zero-order valence-corrected chi connectivity index (χ0v) is 14.5. The van der Waals surface area contributed by atoms with Crippen LogP contribution in [0, 0.1) is 0 Å². The van der Waals surface area contributed by atoms with E-state index in [9.17, 15) is 23.1 Å². The summed E-state index contributed by atoms with van der Waals surface area (Å²) in [5.74, 6) is -2.22. The fourth-order valence-electron chi connectivity index (χ4n) is 2.47. The Morgan fingerprint density at radius 1 is 1.30 bits per heavy atom. The lowest BCUT2D eigenvalue weighted by molar-refractivity contribution is -0.147. The number of hydrogen-bond acceptors (Lipinski definition) is 4. The van der Waals surface area contributed by atoms with Crippen LogP contribution in [0.15, 0.2) is 18.2 Å². The fourth-order valence-corrected chi connectivity index (χ4v) is 4.53. The Kier molecular flexibility index (Phi) is 4.94.